The minimum absolute atomic E-state index is 0.0295. The quantitative estimate of drug-likeness (QED) is 0.888. The summed E-state index contributed by atoms with van der Waals surface area (Å²) in [7, 11) is 0. The molecule has 1 aromatic carbocycles. The van der Waals surface area contributed by atoms with Gasteiger partial charge in [-0.15, -0.1) is 0 Å². The van der Waals surface area contributed by atoms with Gasteiger partial charge in [0.05, 0.1) is 0 Å². The van der Waals surface area contributed by atoms with Gasteiger partial charge in [-0.2, -0.15) is 15.0 Å². The number of nitrogens with zero attached hydrogens (tertiary/aromatic N) is 4. The number of nitrogens with two attached hydrogens (primary N) is 1. The largest absolute Gasteiger partial charge is 0.424 e. The average Bonchev–Trinajstić information content (AvgIpc) is 2.38. The van der Waals surface area contributed by atoms with E-state index in [0.717, 1.165) is 13.1 Å². The molecule has 2 N–H and O–H groups in total. The van der Waals surface area contributed by atoms with Crippen molar-refractivity contribution in [1.82, 2.24) is 15.0 Å². The first-order chi connectivity index (χ1) is 10.0. The third-order valence-corrected chi connectivity index (χ3v) is 3.17. The highest BCUT2D eigenvalue weighted by Gasteiger charge is 2.12. The molecule has 0 fully saturated rings. The van der Waals surface area contributed by atoms with Crippen LogP contribution < -0.4 is 15.4 Å². The molecule has 0 unspecified atom stereocenters. The average molecular weight is 356 g/mol. The van der Waals surface area contributed by atoms with Gasteiger partial charge in [0, 0.05) is 23.6 Å². The van der Waals surface area contributed by atoms with E-state index in [1.807, 2.05) is 18.7 Å². The van der Waals surface area contributed by atoms with E-state index < -0.39 is 5.82 Å². The van der Waals surface area contributed by atoms with Crippen LogP contribution in [0.2, 0.25) is 0 Å². The number of benzene rings is 1. The molecule has 0 saturated heterocycles. The number of rotatable bonds is 5. The number of hydrogen-bond acceptors (Lipinski definition) is 6. The fourth-order valence-corrected chi connectivity index (χ4v) is 2.19. The van der Waals surface area contributed by atoms with Crippen LogP contribution in [0.4, 0.5) is 16.3 Å². The van der Waals surface area contributed by atoms with E-state index in [-0.39, 0.29) is 17.7 Å². The predicted octanol–water partition coefficient (Wildman–Crippen LogP) is 2.99. The van der Waals surface area contributed by atoms with Gasteiger partial charge in [0.2, 0.25) is 11.9 Å². The van der Waals surface area contributed by atoms with Crippen molar-refractivity contribution in [2.45, 2.75) is 13.8 Å². The third kappa shape index (κ3) is 4.01. The molecule has 0 atom stereocenters. The molecule has 0 bridgehead atoms. The van der Waals surface area contributed by atoms with E-state index in [1.54, 1.807) is 6.07 Å². The number of nitrogen functional groups attached to an aromatic ring is 1. The first-order valence-corrected chi connectivity index (χ1v) is 7.21. The molecule has 0 aliphatic rings. The van der Waals surface area contributed by atoms with Crippen molar-refractivity contribution < 1.29 is 9.13 Å². The summed E-state index contributed by atoms with van der Waals surface area (Å²) in [6, 6.07) is 4.21. The summed E-state index contributed by atoms with van der Waals surface area (Å²) < 4.78 is 19.4. The van der Waals surface area contributed by atoms with Crippen LogP contribution in [0, 0.1) is 5.82 Å². The van der Waals surface area contributed by atoms with Crippen LogP contribution in [0.1, 0.15) is 13.8 Å². The molecule has 112 valence electrons. The second-order valence-corrected chi connectivity index (χ2v) is 5.07. The summed E-state index contributed by atoms with van der Waals surface area (Å²) in [5.41, 5.74) is 5.67. The minimum atomic E-state index is -0.426. The Morgan fingerprint density at radius 1 is 1.19 bits per heavy atom. The zero-order valence-corrected chi connectivity index (χ0v) is 13.3. The normalized spacial score (nSPS) is 10.5. The van der Waals surface area contributed by atoms with E-state index in [1.165, 1.54) is 12.1 Å². The Morgan fingerprint density at radius 3 is 2.52 bits per heavy atom. The zero-order chi connectivity index (χ0) is 15.4. The van der Waals surface area contributed by atoms with Crippen LogP contribution in [0.3, 0.4) is 0 Å². The monoisotopic (exact) mass is 355 g/mol. The standard InChI is InChI=1S/C13H15BrFN5O/c1-3-20(4-2)12-17-11(16)18-13(19-12)21-10-6-8(14)5-9(15)7-10/h5-7H,3-4H2,1-2H3,(H2,16,17,18,19). The SMILES string of the molecule is CCN(CC)c1nc(N)nc(Oc2cc(F)cc(Br)c2)n1. The first-order valence-electron chi connectivity index (χ1n) is 6.42. The number of anilines is 2. The van der Waals surface area contributed by atoms with Crippen LogP contribution >= 0.6 is 15.9 Å². The van der Waals surface area contributed by atoms with Crippen molar-refractivity contribution in [1.29, 1.82) is 0 Å². The summed E-state index contributed by atoms with van der Waals surface area (Å²) in [5, 5.41) is 0. The molecule has 0 radical (unpaired) electrons. The third-order valence-electron chi connectivity index (χ3n) is 2.71. The Hall–Kier alpha value is -1.96. The maximum atomic E-state index is 13.3. The molecule has 8 heteroatoms. The smallest absolute Gasteiger partial charge is 0.328 e. The molecule has 1 aromatic heterocycles. The van der Waals surface area contributed by atoms with Gasteiger partial charge in [0.15, 0.2) is 0 Å². The Bertz CT molecular complexity index is 616. The Balaban J connectivity index is 2.31. The van der Waals surface area contributed by atoms with Gasteiger partial charge in [0.25, 0.3) is 0 Å². The highest BCUT2D eigenvalue weighted by atomic mass is 79.9. The first kappa shape index (κ1) is 15.4. The fraction of sp³-hybridized carbons (Fsp3) is 0.308. The summed E-state index contributed by atoms with van der Waals surface area (Å²) in [6.45, 7) is 5.41. The molecule has 2 rings (SSSR count). The number of aromatic nitrogens is 3. The van der Waals surface area contributed by atoms with Crippen molar-refractivity contribution in [2.24, 2.45) is 0 Å². The van der Waals surface area contributed by atoms with Gasteiger partial charge in [-0.3, -0.25) is 0 Å². The minimum Gasteiger partial charge on any atom is -0.424 e. The summed E-state index contributed by atoms with van der Waals surface area (Å²) in [4.78, 5) is 14.1. The van der Waals surface area contributed by atoms with Gasteiger partial charge in [0.1, 0.15) is 11.6 Å². The molecule has 0 spiro atoms. The molecule has 0 amide bonds. The van der Waals surface area contributed by atoms with Crippen LogP contribution in [0.25, 0.3) is 0 Å². The fourth-order valence-electron chi connectivity index (χ4n) is 1.75. The lowest BCUT2D eigenvalue weighted by atomic mass is 10.3. The molecule has 21 heavy (non-hydrogen) atoms. The van der Waals surface area contributed by atoms with Crippen molar-refractivity contribution in [2.75, 3.05) is 23.7 Å². The van der Waals surface area contributed by atoms with Gasteiger partial charge < -0.3 is 15.4 Å². The number of halogens is 2. The number of ether oxygens (including phenoxy) is 1. The van der Waals surface area contributed by atoms with Crippen molar-refractivity contribution in [3.63, 3.8) is 0 Å². The van der Waals surface area contributed by atoms with Crippen LogP contribution in [-0.2, 0) is 0 Å². The lowest BCUT2D eigenvalue weighted by Crippen LogP contribution is -2.25. The summed E-state index contributed by atoms with van der Waals surface area (Å²) in [5.74, 6) is 0.332. The van der Waals surface area contributed by atoms with Crippen LogP contribution in [0.15, 0.2) is 22.7 Å². The van der Waals surface area contributed by atoms with Gasteiger partial charge in [-0.25, -0.2) is 4.39 Å². The van der Waals surface area contributed by atoms with Crippen molar-refractivity contribution in [3.8, 4) is 11.8 Å². The predicted molar refractivity (Wildman–Crippen MR) is 82.0 cm³/mol. The second-order valence-electron chi connectivity index (χ2n) is 4.16. The van der Waals surface area contributed by atoms with Crippen LogP contribution in [0.5, 0.6) is 11.8 Å². The van der Waals surface area contributed by atoms with Gasteiger partial charge >= 0.3 is 6.01 Å². The number of hydrogen-bond donors (Lipinski definition) is 1. The summed E-state index contributed by atoms with van der Waals surface area (Å²) in [6.07, 6.45) is 0. The van der Waals surface area contributed by atoms with E-state index in [0.29, 0.717) is 10.4 Å². The lowest BCUT2D eigenvalue weighted by Gasteiger charge is -2.18. The Labute approximate surface area is 130 Å². The summed E-state index contributed by atoms with van der Waals surface area (Å²) >= 11 is 3.19. The molecule has 6 nitrogen and oxygen atoms in total. The van der Waals surface area contributed by atoms with Gasteiger partial charge in [-0.1, -0.05) is 15.9 Å². The highest BCUT2D eigenvalue weighted by molar-refractivity contribution is 9.10. The second kappa shape index (κ2) is 6.66. The Morgan fingerprint density at radius 2 is 1.90 bits per heavy atom. The molecule has 0 aliphatic heterocycles. The lowest BCUT2D eigenvalue weighted by molar-refractivity contribution is 0.436. The van der Waals surface area contributed by atoms with E-state index in [4.69, 9.17) is 10.5 Å². The molecule has 2 aromatic rings. The van der Waals surface area contributed by atoms with E-state index in [2.05, 4.69) is 30.9 Å². The molecule has 1 heterocycles. The molecular weight excluding hydrogens is 341 g/mol. The Kier molecular flexibility index (Phi) is 4.89. The molecular formula is C13H15BrFN5O. The topological polar surface area (TPSA) is 77.2 Å². The van der Waals surface area contributed by atoms with E-state index >= 15 is 0 Å². The zero-order valence-electron chi connectivity index (χ0n) is 11.7. The molecule has 0 aliphatic carbocycles. The maximum Gasteiger partial charge on any atom is 0.328 e. The molecule has 0 saturated carbocycles. The maximum absolute atomic E-state index is 13.3. The van der Waals surface area contributed by atoms with Crippen molar-refractivity contribution in [3.05, 3.63) is 28.5 Å². The van der Waals surface area contributed by atoms with E-state index in [9.17, 15) is 4.39 Å². The van der Waals surface area contributed by atoms with Gasteiger partial charge in [-0.05, 0) is 26.0 Å². The van der Waals surface area contributed by atoms with Crippen molar-refractivity contribution >= 4 is 27.8 Å². The highest BCUT2D eigenvalue weighted by Crippen LogP contribution is 2.25. The van der Waals surface area contributed by atoms with Crippen LogP contribution in [-0.4, -0.2) is 28.0 Å².